The van der Waals surface area contributed by atoms with E-state index in [1.165, 1.54) is 13.0 Å². The summed E-state index contributed by atoms with van der Waals surface area (Å²) in [4.78, 5) is 25.6. The summed E-state index contributed by atoms with van der Waals surface area (Å²) in [7, 11) is -3.89. The zero-order chi connectivity index (χ0) is 28.5. The monoisotopic (exact) mass is 615 g/mol. The minimum absolute atomic E-state index is 0. The molecular weight excluding hydrogens is 591 g/mol. The second kappa shape index (κ2) is 13.2. The van der Waals surface area contributed by atoms with Gasteiger partial charge in [0.2, 0.25) is 10.0 Å². The maximum Gasteiger partial charge on any atom is 1.00 e. The van der Waals surface area contributed by atoms with Crippen LogP contribution in [0, 0.1) is 5.82 Å². The molecule has 0 bridgehead atoms. The van der Waals surface area contributed by atoms with Gasteiger partial charge in [-0.15, -0.1) is 0 Å². The molecule has 13 heteroatoms. The SMILES string of the molecule is C[C@H](NC(=O)c1cc(F)cc(N(C2CN(C(c3ccc(Cl)cc3)c3ccc(Cl)cc3)C2)S(C)(=O)=O)c1)C(=O)[O-].[Na+]. The Morgan fingerprint density at radius 1 is 1.00 bits per heavy atom. The van der Waals surface area contributed by atoms with E-state index in [4.69, 9.17) is 23.2 Å². The maximum absolute atomic E-state index is 14.6. The Morgan fingerprint density at radius 3 is 1.95 bits per heavy atom. The second-order valence-corrected chi connectivity index (χ2v) is 12.1. The van der Waals surface area contributed by atoms with Gasteiger partial charge in [0.15, 0.2) is 0 Å². The van der Waals surface area contributed by atoms with E-state index in [-0.39, 0.29) is 46.8 Å². The van der Waals surface area contributed by atoms with Crippen molar-refractivity contribution in [3.05, 3.63) is 99.3 Å². The van der Waals surface area contributed by atoms with E-state index in [1.54, 1.807) is 24.3 Å². The van der Waals surface area contributed by atoms with Crippen LogP contribution >= 0.6 is 23.2 Å². The molecule has 0 spiro atoms. The standard InChI is InChI=1S/C27H26Cl2FN3O5S.Na/c1-16(27(35)36)31-26(34)19-11-22(30)13-23(12-19)33(39(2,37)38)24-14-32(15-24)25(17-3-7-20(28)8-4-17)18-5-9-21(29)10-6-18;/h3-13,16,24-25H,14-15H2,1-2H3,(H,31,34)(H,35,36);/q;+1/p-1/t16-;/m0./s1. The number of hydrogen-bond acceptors (Lipinski definition) is 6. The number of carbonyl (C=O) groups is 2. The molecule has 8 nitrogen and oxygen atoms in total. The fraction of sp³-hybridized carbons (Fsp3) is 0.259. The van der Waals surface area contributed by atoms with Gasteiger partial charge < -0.3 is 15.2 Å². The van der Waals surface area contributed by atoms with Crippen molar-refractivity contribution in [1.29, 1.82) is 0 Å². The predicted octanol–water partition coefficient (Wildman–Crippen LogP) is 0.245. The fourth-order valence-electron chi connectivity index (χ4n) is 4.60. The number of carbonyl (C=O) groups excluding carboxylic acids is 2. The first-order valence-corrected chi connectivity index (χ1v) is 14.5. The Bertz CT molecular complexity index is 1440. The number of sulfonamides is 1. The summed E-state index contributed by atoms with van der Waals surface area (Å²) < 4.78 is 41.4. The number of amides is 1. The van der Waals surface area contributed by atoms with E-state index in [1.807, 2.05) is 24.3 Å². The molecular formula is C27H25Cl2FN3NaO5S. The zero-order valence-electron chi connectivity index (χ0n) is 22.0. The van der Waals surface area contributed by atoms with Crippen LogP contribution in [-0.4, -0.2) is 56.6 Å². The average Bonchev–Trinajstić information content (AvgIpc) is 2.83. The van der Waals surface area contributed by atoms with Crippen molar-refractivity contribution < 1.29 is 57.1 Å². The Labute approximate surface area is 264 Å². The third-order valence-corrected chi connectivity index (χ3v) is 8.14. The molecule has 3 aromatic rings. The first-order chi connectivity index (χ1) is 18.3. The van der Waals surface area contributed by atoms with Crippen molar-refractivity contribution >= 4 is 50.8 Å². The van der Waals surface area contributed by atoms with Gasteiger partial charge in [-0.3, -0.25) is 14.0 Å². The number of carboxylic acids is 1. The van der Waals surface area contributed by atoms with Gasteiger partial charge in [0.05, 0.1) is 36.0 Å². The van der Waals surface area contributed by atoms with E-state index in [2.05, 4.69) is 10.2 Å². The molecule has 1 aliphatic rings. The van der Waals surface area contributed by atoms with Gasteiger partial charge in [0, 0.05) is 28.7 Å². The Kier molecular flexibility index (Phi) is 10.7. The van der Waals surface area contributed by atoms with Crippen molar-refractivity contribution in [2.75, 3.05) is 23.7 Å². The first-order valence-electron chi connectivity index (χ1n) is 11.9. The van der Waals surface area contributed by atoms with Crippen LogP contribution in [0.15, 0.2) is 66.7 Å². The number of aliphatic carboxylic acids is 1. The summed E-state index contributed by atoms with van der Waals surface area (Å²) in [5, 5.41) is 14.3. The molecule has 1 heterocycles. The molecule has 1 amide bonds. The van der Waals surface area contributed by atoms with Gasteiger partial charge in [-0.05, 0) is 60.5 Å². The molecule has 1 saturated heterocycles. The molecule has 0 aliphatic carbocycles. The van der Waals surface area contributed by atoms with Crippen LogP contribution in [0.2, 0.25) is 10.0 Å². The quantitative estimate of drug-likeness (QED) is 0.346. The predicted molar refractivity (Wildman–Crippen MR) is 146 cm³/mol. The number of likely N-dealkylation sites (tertiary alicyclic amines) is 1. The van der Waals surface area contributed by atoms with Gasteiger partial charge in [-0.25, -0.2) is 12.8 Å². The summed E-state index contributed by atoms with van der Waals surface area (Å²) in [5.74, 6) is -3.23. The molecule has 1 N–H and O–H groups in total. The van der Waals surface area contributed by atoms with E-state index >= 15 is 0 Å². The Balaban J connectivity index is 0.00000441. The Morgan fingerprint density at radius 2 is 1.50 bits per heavy atom. The molecule has 206 valence electrons. The van der Waals surface area contributed by atoms with Crippen LogP contribution in [0.1, 0.15) is 34.5 Å². The van der Waals surface area contributed by atoms with E-state index < -0.39 is 39.8 Å². The van der Waals surface area contributed by atoms with Gasteiger partial charge in [-0.2, -0.15) is 0 Å². The van der Waals surface area contributed by atoms with Crippen molar-refractivity contribution in [3.8, 4) is 0 Å². The van der Waals surface area contributed by atoms with Crippen LogP contribution in [0.5, 0.6) is 0 Å². The average molecular weight is 616 g/mol. The third-order valence-electron chi connectivity index (χ3n) is 6.42. The van der Waals surface area contributed by atoms with Crippen LogP contribution in [0.3, 0.4) is 0 Å². The molecule has 1 aliphatic heterocycles. The molecule has 0 radical (unpaired) electrons. The molecule has 4 rings (SSSR count). The van der Waals surface area contributed by atoms with Crippen LogP contribution in [-0.2, 0) is 14.8 Å². The number of hydrogen-bond donors (Lipinski definition) is 1. The summed E-state index contributed by atoms with van der Waals surface area (Å²) in [5.41, 5.74) is 1.63. The number of halogens is 3. The van der Waals surface area contributed by atoms with Crippen molar-refractivity contribution in [1.82, 2.24) is 10.2 Å². The summed E-state index contributed by atoms with van der Waals surface area (Å²) in [6.07, 6.45) is 1.01. The first kappa shape index (κ1) is 32.3. The normalized spacial score (nSPS) is 14.7. The Hall–Kier alpha value is -2.18. The minimum Gasteiger partial charge on any atom is -0.548 e. The maximum atomic E-state index is 14.6. The minimum atomic E-state index is -3.89. The number of rotatable bonds is 9. The molecule has 3 aromatic carbocycles. The number of benzene rings is 3. The number of nitrogens with one attached hydrogen (secondary N) is 1. The van der Waals surface area contributed by atoms with Gasteiger partial charge >= 0.3 is 29.6 Å². The van der Waals surface area contributed by atoms with Crippen molar-refractivity contribution in [2.45, 2.75) is 25.0 Å². The zero-order valence-corrected chi connectivity index (χ0v) is 26.3. The number of nitrogens with zero attached hydrogens (tertiary/aromatic N) is 2. The molecule has 0 saturated carbocycles. The molecule has 40 heavy (non-hydrogen) atoms. The van der Waals surface area contributed by atoms with Crippen LogP contribution in [0.4, 0.5) is 10.1 Å². The largest absolute Gasteiger partial charge is 1.00 e. The second-order valence-electron chi connectivity index (χ2n) is 9.38. The smallest absolute Gasteiger partial charge is 0.548 e. The molecule has 1 fully saturated rings. The van der Waals surface area contributed by atoms with Gasteiger partial charge in [0.25, 0.3) is 5.91 Å². The van der Waals surface area contributed by atoms with Crippen LogP contribution in [0.25, 0.3) is 0 Å². The molecule has 0 unspecified atom stereocenters. The van der Waals surface area contributed by atoms with Gasteiger partial charge in [-0.1, -0.05) is 47.5 Å². The van der Waals surface area contributed by atoms with E-state index in [0.29, 0.717) is 23.1 Å². The van der Waals surface area contributed by atoms with E-state index in [0.717, 1.165) is 33.8 Å². The number of carboxylic acid groups (broad SMARTS) is 1. The van der Waals surface area contributed by atoms with Crippen molar-refractivity contribution in [3.63, 3.8) is 0 Å². The van der Waals surface area contributed by atoms with E-state index in [9.17, 15) is 27.5 Å². The summed E-state index contributed by atoms with van der Waals surface area (Å²) >= 11 is 12.2. The third kappa shape index (κ3) is 7.55. The summed E-state index contributed by atoms with van der Waals surface area (Å²) in [6.45, 7) is 1.82. The number of anilines is 1. The molecule has 1 atom stereocenters. The summed E-state index contributed by atoms with van der Waals surface area (Å²) in [6, 6.07) is 15.8. The topological polar surface area (TPSA) is 110 Å². The van der Waals surface area contributed by atoms with Crippen molar-refractivity contribution in [2.24, 2.45) is 0 Å². The fourth-order valence-corrected chi connectivity index (χ4v) is 6.01. The van der Waals surface area contributed by atoms with Crippen LogP contribution < -0.4 is 44.3 Å². The molecule has 0 aromatic heterocycles. The van der Waals surface area contributed by atoms with Gasteiger partial charge in [0.1, 0.15) is 5.82 Å².